The summed E-state index contributed by atoms with van der Waals surface area (Å²) >= 11 is 44.6. The molecule has 22 heteroatoms. The van der Waals surface area contributed by atoms with Crippen LogP contribution in [0.25, 0.3) is 0 Å². The van der Waals surface area contributed by atoms with Crippen LogP contribution in [-0.4, -0.2) is 55.3 Å². The second-order valence-electron chi connectivity index (χ2n) is 14.2. The molecular weight excluding hydrogens is 1680 g/mol. The smallest absolute Gasteiger partial charge is 1.00 e. The molecule has 416 valence electrons. The van der Waals surface area contributed by atoms with E-state index < -0.39 is 0 Å². The number of carbonyl (C=O) groups is 2. The summed E-state index contributed by atoms with van der Waals surface area (Å²) in [4.78, 5) is 37.4. The first kappa shape index (κ1) is 90.4. The van der Waals surface area contributed by atoms with Crippen molar-refractivity contribution in [2.45, 2.75) is 83.1 Å². The zero-order valence-electron chi connectivity index (χ0n) is 42.6. The Hall–Kier alpha value is -0.141. The Labute approximate surface area is 549 Å². The zero-order valence-corrected chi connectivity index (χ0v) is 59.6. The molecule has 2 N–H and O–H groups in total. The minimum atomic E-state index is -0.197. The van der Waals surface area contributed by atoms with Crippen molar-refractivity contribution in [1.29, 1.82) is 0 Å². The van der Waals surface area contributed by atoms with Crippen molar-refractivity contribution in [3.8, 4) is 0 Å². The second kappa shape index (κ2) is 53.5. The molecule has 2 heterocycles. The monoisotopic (exact) mass is 1740 g/mol. The summed E-state index contributed by atoms with van der Waals surface area (Å²) in [6, 6.07) is 25.5. The van der Waals surface area contributed by atoms with Crippen LogP contribution in [-0.2, 0) is 40.2 Å². The molecule has 0 aliphatic heterocycles. The number of halogens is 14. The maximum absolute atomic E-state index is 11.8. The van der Waals surface area contributed by atoms with Crippen LogP contribution in [0.4, 0.5) is 11.6 Å². The van der Waals surface area contributed by atoms with Gasteiger partial charge in [0, 0.05) is 31.9 Å². The predicted molar refractivity (Wildman–Crippen MR) is 304 cm³/mol. The number of ketones is 2. The van der Waals surface area contributed by atoms with E-state index in [2.05, 4.69) is 133 Å². The van der Waals surface area contributed by atoms with Crippen LogP contribution in [0.1, 0.15) is 87.5 Å². The Morgan fingerprint density at radius 3 is 0.838 bits per heavy atom. The van der Waals surface area contributed by atoms with Gasteiger partial charge in [0.25, 0.3) is 0 Å². The number of hydrogen-bond acceptors (Lipinski definition) is 4. The first-order valence-corrected chi connectivity index (χ1v) is 26.3. The van der Waals surface area contributed by atoms with Gasteiger partial charge < -0.3 is 69.2 Å². The van der Waals surface area contributed by atoms with Crippen molar-refractivity contribution in [1.82, 2.24) is 9.97 Å². The van der Waals surface area contributed by atoms with Crippen molar-refractivity contribution < 1.29 is 109 Å². The van der Waals surface area contributed by atoms with Crippen molar-refractivity contribution >= 4 is 160 Å². The summed E-state index contributed by atoms with van der Waals surface area (Å²) in [6.07, 6.45) is 5.18. The summed E-state index contributed by atoms with van der Waals surface area (Å²) in [5.41, 5.74) is 18.1. The Morgan fingerprint density at radius 2 is 0.662 bits per heavy atom. The van der Waals surface area contributed by atoms with Gasteiger partial charge in [-0.15, -0.1) is 117 Å². The normalized spacial score (nSPS) is 9.05. The molecule has 2 aromatic heterocycles. The Kier molecular flexibility index (Phi) is 65.4. The second-order valence-corrected chi connectivity index (χ2v) is 19.1. The van der Waals surface area contributed by atoms with Crippen molar-refractivity contribution in [3.05, 3.63) is 172 Å². The quantitative estimate of drug-likeness (QED) is 0.0885. The van der Waals surface area contributed by atoms with E-state index in [9.17, 15) is 9.59 Å². The maximum atomic E-state index is 11.8. The molecule has 0 spiro atoms. The first-order chi connectivity index (χ1) is 32.1. The van der Waals surface area contributed by atoms with E-state index in [-0.39, 0.29) is 123 Å². The summed E-state index contributed by atoms with van der Waals surface area (Å²) in [7, 11) is 0. The molecule has 0 amide bonds. The fraction of sp³-hybridized carbons (Fsp3) is 0.308. The number of aromatic nitrogens is 2. The number of pyridine rings is 2. The summed E-state index contributed by atoms with van der Waals surface area (Å²) in [5, 5.41) is 0.778. The number of Topliss-reactive ketones (excluding diaryl/α,β-unsaturated/α-hetero) is 2. The van der Waals surface area contributed by atoms with Gasteiger partial charge in [-0.3, -0.25) is 0 Å². The van der Waals surface area contributed by atoms with E-state index in [4.69, 9.17) is 92.8 Å². The van der Waals surface area contributed by atoms with Crippen LogP contribution in [0.5, 0.6) is 0 Å². The van der Waals surface area contributed by atoms with E-state index >= 15 is 0 Å². The van der Waals surface area contributed by atoms with Gasteiger partial charge in [-0.1, -0.05) is 138 Å². The number of nitrogens with one attached hydrogen (secondary N) is 2. The van der Waals surface area contributed by atoms with E-state index in [1.165, 1.54) is 55.6 Å². The van der Waals surface area contributed by atoms with Crippen LogP contribution in [0.2, 0.25) is 0 Å². The number of carbonyl (C=O) groups excluding carboxylic acids is 2. The summed E-state index contributed by atoms with van der Waals surface area (Å²) < 4.78 is 1.41. The number of aryl methyl sites for hydroxylation is 2. The minimum Gasteiger partial charge on any atom is -1.00 e. The van der Waals surface area contributed by atoms with Gasteiger partial charge in [-0.25, -0.2) is 0 Å². The predicted octanol–water partition coefficient (Wildman–Crippen LogP) is 2.98. The Balaban J connectivity index is -0.000000121. The van der Waals surface area contributed by atoms with Gasteiger partial charge in [0.1, 0.15) is 11.6 Å². The van der Waals surface area contributed by atoms with Gasteiger partial charge in [-0.2, -0.15) is 55.6 Å². The molecule has 0 atom stereocenters. The van der Waals surface area contributed by atoms with Crippen LogP contribution in [0.3, 0.4) is 0 Å². The molecule has 6 nitrogen and oxygen atoms in total. The molecule has 0 unspecified atom stereocenters. The largest absolute Gasteiger partial charge is 3.00 e. The Morgan fingerprint density at radius 1 is 0.446 bits per heavy atom. The summed E-state index contributed by atoms with van der Waals surface area (Å²) in [5.74, 6) is 0.753. The number of rotatable bonds is 6. The molecule has 0 saturated heterocycles. The molecule has 0 aliphatic carbocycles. The fourth-order valence-corrected chi connectivity index (χ4v) is 6.25. The third kappa shape index (κ3) is 37.7. The molecule has 74 heavy (non-hydrogen) atoms. The molecular formula is C52H60Br2Cl12Ir2N4O2. The van der Waals surface area contributed by atoms with Gasteiger partial charge in [0.2, 0.25) is 20.8 Å². The van der Waals surface area contributed by atoms with E-state index in [0.29, 0.717) is 32.0 Å². The Bertz CT molecular complexity index is 2120. The molecule has 6 rings (SSSR count). The topological polar surface area (TPSA) is 87.9 Å². The van der Waals surface area contributed by atoms with E-state index in [0.717, 1.165) is 11.1 Å². The van der Waals surface area contributed by atoms with E-state index in [1.54, 1.807) is 36.4 Å². The van der Waals surface area contributed by atoms with E-state index in [1.807, 2.05) is 62.4 Å². The number of nitrogens with zero attached hydrogens (tertiary/aromatic N) is 2. The van der Waals surface area contributed by atoms with Crippen molar-refractivity contribution in [2.24, 2.45) is 0 Å². The van der Waals surface area contributed by atoms with Crippen LogP contribution < -0.4 is 59.6 Å². The number of benzene rings is 2. The van der Waals surface area contributed by atoms with Gasteiger partial charge >= 0.3 is 40.2 Å². The molecule has 0 aliphatic rings. The molecule has 0 radical (unpaired) electrons. The zero-order chi connectivity index (χ0) is 52.5. The average Bonchev–Trinajstić information content (AvgIpc) is 3.58. The average molecular weight is 1740 g/mol. The molecule has 0 saturated carbocycles. The molecule has 0 bridgehead atoms. The van der Waals surface area contributed by atoms with Crippen molar-refractivity contribution in [3.63, 3.8) is 0 Å². The number of alkyl halides is 8. The van der Waals surface area contributed by atoms with Gasteiger partial charge in [0.05, 0.1) is 33.8 Å². The fourth-order valence-electron chi connectivity index (χ4n) is 5.56. The first-order valence-electron chi connectivity index (χ1n) is 20.4. The van der Waals surface area contributed by atoms with Gasteiger partial charge in [0.15, 0.2) is 0 Å². The SMILES string of the molecule is Cc1c(C)c(C)[c-](C)c1C.Cc1c(C)c(C)[c-](C)c1C.Cc1ccc(C(=O)[C-]=[NH+]c2cccc(Br)n2)cc1.Cc1ccc(C(=O)[C-]=[NH+]c2cccc(Br)n2)cc1.ClCCl.ClCCl.ClCCl.ClCCl.[Cl-].[Cl-].[Cl-].[Cl-].[Ir+3].[Ir+3]. The molecule has 4 aromatic carbocycles. The number of hydrogen-bond donors (Lipinski definition) is 2. The van der Waals surface area contributed by atoms with Crippen LogP contribution >= 0.6 is 125 Å². The third-order valence-electron chi connectivity index (χ3n) is 10.3. The maximum Gasteiger partial charge on any atom is 3.00 e. The molecule has 0 fully saturated rings. The minimum absolute atomic E-state index is 0. The van der Waals surface area contributed by atoms with Crippen LogP contribution in [0.15, 0.2) is 94.1 Å². The van der Waals surface area contributed by atoms with Crippen LogP contribution in [0, 0.1) is 83.1 Å². The van der Waals surface area contributed by atoms with Gasteiger partial charge in [-0.05, 0) is 38.1 Å². The van der Waals surface area contributed by atoms with Crippen molar-refractivity contribution in [2.75, 3.05) is 21.4 Å². The summed E-state index contributed by atoms with van der Waals surface area (Å²) in [6.45, 7) is 25.9. The third-order valence-corrected chi connectivity index (χ3v) is 11.2. The standard InChI is InChI=1S/2C14H11BrN2O.2C10H15.4CH2Cl2.4ClH.2Ir/c2*1-10-5-7-11(8-6-10)12(18)9-16-14-4-2-3-13(15)17-14;2*1-6-7(2)9(4)10(5)8(6)3;4*2-1-3;;;;;;/h2*2-8,16H,1H3;2*1-5H3;4*1H2;4*1H;;/q;;2*-1;;;;;;;;;2*+3/p-4. The molecule has 6 aromatic rings.